The zero-order valence-electron chi connectivity index (χ0n) is 11.5. The fourth-order valence-electron chi connectivity index (χ4n) is 1.92. The Kier molecular flexibility index (Phi) is 4.30. The van der Waals surface area contributed by atoms with Gasteiger partial charge in [0.1, 0.15) is 0 Å². The van der Waals surface area contributed by atoms with Gasteiger partial charge in [-0.15, -0.1) is 0 Å². The number of nitrogens with zero attached hydrogens (tertiary/aromatic N) is 1. The standard InChI is InChI=1S/C15H17N3O2/c1-10(2)14(12-5-3-4-8-16-12)18-15(20)11-6-7-13(19)17-9-11/h3-10,14H,1-2H3,(H,17,19)(H,18,20)/t14-/m0/s1. The molecule has 0 unspecified atom stereocenters. The molecule has 104 valence electrons. The summed E-state index contributed by atoms with van der Waals surface area (Å²) in [4.78, 5) is 30.0. The first-order valence-corrected chi connectivity index (χ1v) is 6.48. The molecule has 1 atom stereocenters. The van der Waals surface area contributed by atoms with Gasteiger partial charge in [-0.3, -0.25) is 14.6 Å². The lowest BCUT2D eigenvalue weighted by molar-refractivity contribution is 0.0924. The van der Waals surface area contributed by atoms with E-state index in [-0.39, 0.29) is 23.4 Å². The molecule has 0 saturated carbocycles. The van der Waals surface area contributed by atoms with Crippen LogP contribution in [0.3, 0.4) is 0 Å². The molecule has 0 spiro atoms. The number of rotatable bonds is 4. The molecule has 2 heterocycles. The van der Waals surface area contributed by atoms with Crippen molar-refractivity contribution in [1.29, 1.82) is 0 Å². The minimum atomic E-state index is -0.231. The summed E-state index contributed by atoms with van der Waals surface area (Å²) in [7, 11) is 0. The van der Waals surface area contributed by atoms with Crippen molar-refractivity contribution in [1.82, 2.24) is 15.3 Å². The Hall–Kier alpha value is -2.43. The maximum Gasteiger partial charge on any atom is 0.253 e. The number of H-pyrrole nitrogens is 1. The van der Waals surface area contributed by atoms with Gasteiger partial charge in [-0.1, -0.05) is 19.9 Å². The number of carbonyl (C=O) groups excluding carboxylic acids is 1. The molecule has 2 N–H and O–H groups in total. The van der Waals surface area contributed by atoms with Crippen molar-refractivity contribution in [3.05, 3.63) is 64.3 Å². The Morgan fingerprint density at radius 1 is 1.25 bits per heavy atom. The quantitative estimate of drug-likeness (QED) is 0.891. The van der Waals surface area contributed by atoms with Crippen LogP contribution in [0.25, 0.3) is 0 Å². The average Bonchev–Trinajstić information content (AvgIpc) is 2.46. The Bertz CT molecular complexity index is 615. The van der Waals surface area contributed by atoms with Crippen LogP contribution in [-0.2, 0) is 0 Å². The molecule has 2 aromatic heterocycles. The molecule has 5 nitrogen and oxygen atoms in total. The second-order valence-corrected chi connectivity index (χ2v) is 4.89. The number of hydrogen-bond acceptors (Lipinski definition) is 3. The molecular formula is C15H17N3O2. The molecule has 0 bridgehead atoms. The number of nitrogens with one attached hydrogen (secondary N) is 2. The average molecular weight is 271 g/mol. The lowest BCUT2D eigenvalue weighted by atomic mass is 10.00. The summed E-state index contributed by atoms with van der Waals surface area (Å²) in [5, 5.41) is 2.95. The largest absolute Gasteiger partial charge is 0.343 e. The molecule has 5 heteroatoms. The van der Waals surface area contributed by atoms with Gasteiger partial charge in [0.15, 0.2) is 0 Å². The molecule has 0 aromatic carbocycles. The number of aromatic amines is 1. The normalized spacial score (nSPS) is 12.2. The van der Waals surface area contributed by atoms with Crippen molar-refractivity contribution in [2.75, 3.05) is 0 Å². The minimum Gasteiger partial charge on any atom is -0.343 e. The zero-order valence-corrected chi connectivity index (χ0v) is 11.5. The van der Waals surface area contributed by atoms with Crippen LogP contribution in [0, 0.1) is 5.92 Å². The highest BCUT2D eigenvalue weighted by Crippen LogP contribution is 2.19. The number of pyridine rings is 2. The lowest BCUT2D eigenvalue weighted by Crippen LogP contribution is -2.32. The minimum absolute atomic E-state index is 0.171. The second kappa shape index (κ2) is 6.14. The van der Waals surface area contributed by atoms with E-state index < -0.39 is 0 Å². The monoisotopic (exact) mass is 271 g/mol. The summed E-state index contributed by atoms with van der Waals surface area (Å²) < 4.78 is 0. The Morgan fingerprint density at radius 2 is 2.05 bits per heavy atom. The maximum absolute atomic E-state index is 12.2. The Balaban J connectivity index is 2.19. The Morgan fingerprint density at radius 3 is 2.60 bits per heavy atom. The van der Waals surface area contributed by atoms with Crippen LogP contribution in [-0.4, -0.2) is 15.9 Å². The second-order valence-electron chi connectivity index (χ2n) is 4.89. The number of aromatic nitrogens is 2. The fourth-order valence-corrected chi connectivity index (χ4v) is 1.92. The van der Waals surface area contributed by atoms with Crippen molar-refractivity contribution in [2.45, 2.75) is 19.9 Å². The predicted molar refractivity (Wildman–Crippen MR) is 76.3 cm³/mol. The molecule has 0 saturated heterocycles. The third kappa shape index (κ3) is 3.32. The molecule has 0 aliphatic carbocycles. The molecule has 0 radical (unpaired) electrons. The highest BCUT2D eigenvalue weighted by Gasteiger charge is 2.20. The summed E-state index contributed by atoms with van der Waals surface area (Å²) in [5.74, 6) is -0.0257. The van der Waals surface area contributed by atoms with Crippen LogP contribution in [0.5, 0.6) is 0 Å². The zero-order chi connectivity index (χ0) is 14.5. The van der Waals surface area contributed by atoms with Gasteiger partial charge in [0, 0.05) is 18.5 Å². The molecule has 0 aliphatic rings. The van der Waals surface area contributed by atoms with Crippen molar-refractivity contribution < 1.29 is 4.79 Å². The van der Waals surface area contributed by atoms with Crippen molar-refractivity contribution in [3.8, 4) is 0 Å². The van der Waals surface area contributed by atoms with Gasteiger partial charge in [0.25, 0.3) is 5.91 Å². The van der Waals surface area contributed by atoms with Crippen molar-refractivity contribution >= 4 is 5.91 Å². The summed E-state index contributed by atoms with van der Waals surface area (Å²) in [6, 6.07) is 8.28. The van der Waals surface area contributed by atoms with E-state index in [9.17, 15) is 9.59 Å². The van der Waals surface area contributed by atoms with E-state index in [1.54, 1.807) is 6.20 Å². The SMILES string of the molecule is CC(C)[C@H](NC(=O)c1ccc(=O)[nH]c1)c1ccccn1. The van der Waals surface area contributed by atoms with Crippen LogP contribution in [0.15, 0.2) is 47.5 Å². The summed E-state index contributed by atoms with van der Waals surface area (Å²) in [6.07, 6.45) is 3.12. The van der Waals surface area contributed by atoms with E-state index in [0.717, 1.165) is 5.69 Å². The van der Waals surface area contributed by atoms with Gasteiger partial charge in [-0.25, -0.2) is 0 Å². The van der Waals surface area contributed by atoms with Gasteiger partial charge >= 0.3 is 0 Å². The Labute approximate surface area is 117 Å². The van der Waals surface area contributed by atoms with Crippen LogP contribution >= 0.6 is 0 Å². The number of carbonyl (C=O) groups is 1. The maximum atomic E-state index is 12.2. The topological polar surface area (TPSA) is 74.8 Å². The molecule has 2 aromatic rings. The van der Waals surface area contributed by atoms with Crippen LogP contribution in [0.4, 0.5) is 0 Å². The van der Waals surface area contributed by atoms with E-state index in [1.807, 2.05) is 32.0 Å². The predicted octanol–water partition coefficient (Wildman–Crippen LogP) is 1.90. The van der Waals surface area contributed by atoms with E-state index in [1.165, 1.54) is 18.3 Å². The van der Waals surface area contributed by atoms with E-state index in [0.29, 0.717) is 5.56 Å². The molecule has 20 heavy (non-hydrogen) atoms. The van der Waals surface area contributed by atoms with Gasteiger partial charge in [0.2, 0.25) is 5.56 Å². The molecular weight excluding hydrogens is 254 g/mol. The fraction of sp³-hybridized carbons (Fsp3) is 0.267. The molecule has 0 fully saturated rings. The third-order valence-electron chi connectivity index (χ3n) is 3.01. The van der Waals surface area contributed by atoms with Gasteiger partial charge in [0.05, 0.1) is 17.3 Å². The summed E-state index contributed by atoms with van der Waals surface area (Å²) in [6.45, 7) is 4.04. The highest BCUT2D eigenvalue weighted by atomic mass is 16.2. The molecule has 2 rings (SSSR count). The van der Waals surface area contributed by atoms with E-state index >= 15 is 0 Å². The third-order valence-corrected chi connectivity index (χ3v) is 3.01. The number of hydrogen-bond donors (Lipinski definition) is 2. The smallest absolute Gasteiger partial charge is 0.253 e. The molecule has 1 amide bonds. The van der Waals surface area contributed by atoms with Crippen LogP contribution in [0.2, 0.25) is 0 Å². The van der Waals surface area contributed by atoms with Crippen LogP contribution < -0.4 is 10.9 Å². The van der Waals surface area contributed by atoms with Gasteiger partial charge < -0.3 is 10.3 Å². The summed E-state index contributed by atoms with van der Waals surface area (Å²) in [5.41, 5.74) is 1.01. The first kappa shape index (κ1) is 14.0. The van der Waals surface area contributed by atoms with E-state index in [2.05, 4.69) is 15.3 Å². The van der Waals surface area contributed by atoms with Crippen LogP contribution in [0.1, 0.15) is 35.9 Å². The molecule has 0 aliphatic heterocycles. The van der Waals surface area contributed by atoms with Crippen molar-refractivity contribution in [3.63, 3.8) is 0 Å². The van der Waals surface area contributed by atoms with E-state index in [4.69, 9.17) is 0 Å². The highest BCUT2D eigenvalue weighted by molar-refractivity contribution is 5.94. The number of amides is 1. The first-order valence-electron chi connectivity index (χ1n) is 6.48. The lowest BCUT2D eigenvalue weighted by Gasteiger charge is -2.21. The van der Waals surface area contributed by atoms with Gasteiger partial charge in [-0.2, -0.15) is 0 Å². The van der Waals surface area contributed by atoms with Gasteiger partial charge in [-0.05, 0) is 24.1 Å². The van der Waals surface area contributed by atoms with Crippen molar-refractivity contribution in [2.24, 2.45) is 5.92 Å². The first-order chi connectivity index (χ1) is 9.58. The summed E-state index contributed by atoms with van der Waals surface area (Å²) >= 11 is 0.